The third kappa shape index (κ3) is 5.63. The highest BCUT2D eigenvalue weighted by molar-refractivity contribution is 7.19. The molecular weight excluding hydrogens is 543 g/mol. The molecule has 0 atom stereocenters. The molecule has 0 aliphatic heterocycles. The molecule has 0 saturated heterocycles. The third-order valence-electron chi connectivity index (χ3n) is 8.44. The number of amides is 1. The summed E-state index contributed by atoms with van der Waals surface area (Å²) in [7, 11) is -0.0312. The standard InChI is InChI=1S/C34H39N3O2SSi/c1-34(2,3)24-20-21-29-28(22-24)35-33-37(29)30(31(40-33)32(38)36(4)25-14-8-5-9-15-25)23-39-41(26-16-10-6-11-17-26)27-18-12-7-13-19-27/h6-7,10-13,16-22,25,41H,5,8-9,14-15,23H2,1-4H3. The van der Waals surface area contributed by atoms with E-state index in [2.05, 4.69) is 91.9 Å². The van der Waals surface area contributed by atoms with Crippen molar-refractivity contribution in [1.82, 2.24) is 14.3 Å². The lowest BCUT2D eigenvalue weighted by atomic mass is 9.87. The van der Waals surface area contributed by atoms with Crippen molar-refractivity contribution >= 4 is 52.7 Å². The molecule has 0 N–H and O–H groups in total. The zero-order valence-electron chi connectivity index (χ0n) is 24.5. The van der Waals surface area contributed by atoms with E-state index in [0.29, 0.717) is 12.6 Å². The van der Waals surface area contributed by atoms with Crippen LogP contribution in [0.25, 0.3) is 16.0 Å². The maximum atomic E-state index is 14.1. The van der Waals surface area contributed by atoms with E-state index in [1.54, 1.807) is 0 Å². The highest BCUT2D eigenvalue weighted by Gasteiger charge is 2.30. The van der Waals surface area contributed by atoms with E-state index < -0.39 is 9.04 Å². The average molecular weight is 582 g/mol. The van der Waals surface area contributed by atoms with E-state index >= 15 is 0 Å². The molecule has 1 aliphatic rings. The average Bonchev–Trinajstić information content (AvgIpc) is 3.53. The molecule has 7 heteroatoms. The van der Waals surface area contributed by atoms with Crippen LogP contribution in [0.3, 0.4) is 0 Å². The monoisotopic (exact) mass is 581 g/mol. The van der Waals surface area contributed by atoms with E-state index in [1.807, 2.05) is 24.1 Å². The lowest BCUT2D eigenvalue weighted by Gasteiger charge is -2.31. The molecule has 5 nitrogen and oxygen atoms in total. The van der Waals surface area contributed by atoms with Gasteiger partial charge in [-0.05, 0) is 46.3 Å². The number of fused-ring (bicyclic) bond motifs is 3. The van der Waals surface area contributed by atoms with Gasteiger partial charge in [0.2, 0.25) is 9.04 Å². The molecule has 2 aromatic heterocycles. The number of thiazole rings is 1. The van der Waals surface area contributed by atoms with Crippen LogP contribution in [0, 0.1) is 0 Å². The Morgan fingerprint density at radius 3 is 2.22 bits per heavy atom. The first kappa shape index (κ1) is 27.9. The second-order valence-corrected chi connectivity index (χ2v) is 15.7. The van der Waals surface area contributed by atoms with Crippen molar-refractivity contribution in [1.29, 1.82) is 0 Å². The first-order chi connectivity index (χ1) is 19.8. The van der Waals surface area contributed by atoms with Gasteiger partial charge >= 0.3 is 0 Å². The molecule has 212 valence electrons. The van der Waals surface area contributed by atoms with Crippen LogP contribution in [0.5, 0.6) is 0 Å². The smallest absolute Gasteiger partial charge is 0.265 e. The maximum Gasteiger partial charge on any atom is 0.265 e. The SMILES string of the molecule is CN(C(=O)c1sc2nc3cc(C(C)(C)C)ccc3n2c1CO[SiH](c1ccccc1)c1ccccc1)C1CCCCC1. The van der Waals surface area contributed by atoms with Gasteiger partial charge in [0, 0.05) is 13.1 Å². The fourth-order valence-corrected chi connectivity index (χ4v) is 9.36. The third-order valence-corrected chi connectivity index (χ3v) is 12.0. The molecule has 0 spiro atoms. The van der Waals surface area contributed by atoms with Gasteiger partial charge in [-0.2, -0.15) is 0 Å². The Bertz CT molecular complexity index is 1610. The van der Waals surface area contributed by atoms with Gasteiger partial charge in [-0.15, -0.1) is 0 Å². The molecule has 2 heterocycles. The van der Waals surface area contributed by atoms with Crippen molar-refractivity contribution in [3.05, 3.63) is 95.0 Å². The molecule has 1 amide bonds. The van der Waals surface area contributed by atoms with Crippen LogP contribution in [0.2, 0.25) is 0 Å². The zero-order valence-corrected chi connectivity index (χ0v) is 26.4. The number of aromatic nitrogens is 2. The minimum atomic E-state index is -2.01. The first-order valence-electron chi connectivity index (χ1n) is 14.7. The number of hydrogen-bond acceptors (Lipinski definition) is 4. The van der Waals surface area contributed by atoms with E-state index in [1.165, 1.54) is 46.5 Å². The number of carbonyl (C=O) groups is 1. The summed E-state index contributed by atoms with van der Waals surface area (Å²) < 4.78 is 9.08. The summed E-state index contributed by atoms with van der Waals surface area (Å²) in [4.78, 5) is 22.7. The van der Waals surface area contributed by atoms with Gasteiger partial charge in [0.25, 0.3) is 5.91 Å². The maximum absolute atomic E-state index is 14.1. The second kappa shape index (κ2) is 11.5. The molecule has 1 fully saturated rings. The first-order valence-corrected chi connectivity index (χ1v) is 17.2. The largest absolute Gasteiger partial charge is 0.405 e. The van der Waals surface area contributed by atoms with Gasteiger partial charge < -0.3 is 9.33 Å². The fourth-order valence-electron chi connectivity index (χ4n) is 6.00. The molecule has 0 unspecified atom stereocenters. The highest BCUT2D eigenvalue weighted by Crippen LogP contribution is 2.33. The molecule has 41 heavy (non-hydrogen) atoms. The van der Waals surface area contributed by atoms with Gasteiger partial charge in [0.15, 0.2) is 4.96 Å². The summed E-state index contributed by atoms with van der Waals surface area (Å²) in [6.07, 6.45) is 5.79. The van der Waals surface area contributed by atoms with Crippen LogP contribution in [0.1, 0.15) is 73.8 Å². The summed E-state index contributed by atoms with van der Waals surface area (Å²) in [6.45, 7) is 7.03. The Morgan fingerprint density at radius 1 is 0.976 bits per heavy atom. The number of benzene rings is 3. The predicted molar refractivity (Wildman–Crippen MR) is 172 cm³/mol. The van der Waals surface area contributed by atoms with Crippen LogP contribution in [-0.2, 0) is 16.4 Å². The quantitative estimate of drug-likeness (QED) is 0.212. The summed E-state index contributed by atoms with van der Waals surface area (Å²) in [5.41, 5.74) is 4.19. The Morgan fingerprint density at radius 2 is 1.61 bits per heavy atom. The predicted octanol–water partition coefficient (Wildman–Crippen LogP) is 6.31. The van der Waals surface area contributed by atoms with Crippen molar-refractivity contribution in [3.8, 4) is 0 Å². The van der Waals surface area contributed by atoms with Crippen LogP contribution in [0.15, 0.2) is 78.9 Å². The van der Waals surface area contributed by atoms with Gasteiger partial charge in [0.1, 0.15) is 4.88 Å². The van der Waals surface area contributed by atoms with Crippen molar-refractivity contribution in [2.75, 3.05) is 7.05 Å². The van der Waals surface area contributed by atoms with Crippen molar-refractivity contribution < 1.29 is 9.22 Å². The van der Waals surface area contributed by atoms with Crippen molar-refractivity contribution in [3.63, 3.8) is 0 Å². The minimum absolute atomic E-state index is 0.0329. The molecule has 1 saturated carbocycles. The molecule has 5 aromatic rings. The fraction of sp³-hybridized carbons (Fsp3) is 0.353. The van der Waals surface area contributed by atoms with Crippen molar-refractivity contribution in [2.24, 2.45) is 0 Å². The zero-order chi connectivity index (χ0) is 28.6. The second-order valence-electron chi connectivity index (χ2n) is 12.3. The summed E-state index contributed by atoms with van der Waals surface area (Å²) >= 11 is 1.50. The van der Waals surface area contributed by atoms with Gasteiger partial charge in [-0.25, -0.2) is 4.98 Å². The Balaban J connectivity index is 1.43. The number of carbonyl (C=O) groups excluding carboxylic acids is 1. The Hall–Kier alpha value is -3.26. The van der Waals surface area contributed by atoms with Gasteiger partial charge in [-0.1, -0.05) is 118 Å². The lowest BCUT2D eigenvalue weighted by molar-refractivity contribution is 0.0698. The molecule has 0 bridgehead atoms. The van der Waals surface area contributed by atoms with Crippen LogP contribution < -0.4 is 10.4 Å². The number of imidazole rings is 1. The molecule has 3 aromatic carbocycles. The molecule has 6 rings (SSSR count). The number of nitrogens with zero attached hydrogens (tertiary/aromatic N) is 3. The van der Waals surface area contributed by atoms with E-state index in [9.17, 15) is 4.79 Å². The van der Waals surface area contributed by atoms with Gasteiger partial charge in [0.05, 0.1) is 23.3 Å². The van der Waals surface area contributed by atoms with Crippen molar-refractivity contribution in [2.45, 2.75) is 70.9 Å². The van der Waals surface area contributed by atoms with E-state index in [4.69, 9.17) is 9.41 Å². The molecular formula is C34H39N3O2SSi. The normalized spacial score (nSPS) is 14.8. The minimum Gasteiger partial charge on any atom is -0.405 e. The molecule has 1 aliphatic carbocycles. The summed E-state index contributed by atoms with van der Waals surface area (Å²) in [5.74, 6) is 0.0862. The van der Waals surface area contributed by atoms with Crippen LogP contribution >= 0.6 is 11.3 Å². The topological polar surface area (TPSA) is 46.8 Å². The van der Waals surface area contributed by atoms with E-state index in [-0.39, 0.29) is 11.3 Å². The Kier molecular flexibility index (Phi) is 7.85. The van der Waals surface area contributed by atoms with Gasteiger partial charge in [-0.3, -0.25) is 9.20 Å². The lowest BCUT2D eigenvalue weighted by Crippen LogP contribution is -2.45. The highest BCUT2D eigenvalue weighted by atomic mass is 32.1. The number of rotatable bonds is 7. The number of hydrogen-bond donors (Lipinski definition) is 0. The molecule has 0 radical (unpaired) electrons. The summed E-state index contributed by atoms with van der Waals surface area (Å²) in [5, 5.41) is 2.45. The van der Waals surface area contributed by atoms with E-state index in [0.717, 1.165) is 39.4 Å². The van der Waals surface area contributed by atoms with Crippen LogP contribution in [0.4, 0.5) is 0 Å². The van der Waals surface area contributed by atoms with Crippen LogP contribution in [-0.4, -0.2) is 42.3 Å². The Labute approximate surface area is 248 Å². The summed E-state index contributed by atoms with van der Waals surface area (Å²) in [6, 6.07) is 27.9.